The van der Waals surface area contributed by atoms with Gasteiger partial charge < -0.3 is 20.5 Å². The van der Waals surface area contributed by atoms with E-state index in [4.69, 9.17) is 15.2 Å². The first-order valence-electron chi connectivity index (χ1n) is 7.30. The normalized spacial score (nSPS) is 16.0. The number of carbonyl (C=O) groups excluding carboxylic acids is 1. The van der Waals surface area contributed by atoms with Gasteiger partial charge in [0.2, 0.25) is 5.91 Å². The molecule has 1 fully saturated rings. The second kappa shape index (κ2) is 6.80. The van der Waals surface area contributed by atoms with Crippen molar-refractivity contribution >= 4 is 5.91 Å². The van der Waals surface area contributed by atoms with Crippen LogP contribution in [0.25, 0.3) is 0 Å². The minimum Gasteiger partial charge on any atom is -0.497 e. The highest BCUT2D eigenvalue weighted by atomic mass is 16.5. The van der Waals surface area contributed by atoms with Gasteiger partial charge in [-0.1, -0.05) is 6.42 Å². The van der Waals surface area contributed by atoms with Crippen LogP contribution in [0.3, 0.4) is 0 Å². The molecule has 0 saturated heterocycles. The van der Waals surface area contributed by atoms with Gasteiger partial charge in [-0.3, -0.25) is 4.79 Å². The molecule has 0 unspecified atom stereocenters. The predicted octanol–water partition coefficient (Wildman–Crippen LogP) is 1.84. The molecule has 1 aliphatic rings. The van der Waals surface area contributed by atoms with Crippen molar-refractivity contribution in [3.63, 3.8) is 0 Å². The summed E-state index contributed by atoms with van der Waals surface area (Å²) in [7, 11) is 3.22. The second-order valence-electron chi connectivity index (χ2n) is 5.69. The quantitative estimate of drug-likeness (QED) is 0.804. The molecule has 0 aliphatic heterocycles. The monoisotopic (exact) mass is 292 g/mol. The van der Waals surface area contributed by atoms with E-state index in [-0.39, 0.29) is 11.3 Å². The zero-order valence-corrected chi connectivity index (χ0v) is 12.8. The van der Waals surface area contributed by atoms with Crippen LogP contribution in [-0.2, 0) is 11.3 Å². The van der Waals surface area contributed by atoms with Crippen LogP contribution in [0.1, 0.15) is 31.2 Å². The molecule has 3 N–H and O–H groups in total. The molecule has 0 radical (unpaired) electrons. The Hall–Kier alpha value is -1.75. The van der Waals surface area contributed by atoms with Crippen molar-refractivity contribution in [1.29, 1.82) is 0 Å². The number of hydrogen-bond acceptors (Lipinski definition) is 4. The SMILES string of the molecule is COc1ccc(CNC(=O)CC2(CN)CCC2)c(OC)c1. The number of methoxy groups -OCH3 is 2. The van der Waals surface area contributed by atoms with Gasteiger partial charge in [0.1, 0.15) is 11.5 Å². The molecule has 0 aromatic heterocycles. The summed E-state index contributed by atoms with van der Waals surface area (Å²) in [6, 6.07) is 5.58. The molecular weight excluding hydrogens is 268 g/mol. The molecular formula is C16H24N2O3. The van der Waals surface area contributed by atoms with Crippen molar-refractivity contribution in [2.45, 2.75) is 32.2 Å². The molecule has 21 heavy (non-hydrogen) atoms. The number of nitrogens with one attached hydrogen (secondary N) is 1. The molecule has 1 amide bonds. The van der Waals surface area contributed by atoms with Crippen molar-refractivity contribution in [1.82, 2.24) is 5.32 Å². The summed E-state index contributed by atoms with van der Waals surface area (Å²) < 4.78 is 10.5. The molecule has 1 saturated carbocycles. The van der Waals surface area contributed by atoms with E-state index in [9.17, 15) is 4.79 Å². The highest BCUT2D eigenvalue weighted by molar-refractivity contribution is 5.77. The number of carbonyl (C=O) groups is 1. The number of benzene rings is 1. The minimum atomic E-state index is 0.0358. The maximum Gasteiger partial charge on any atom is 0.220 e. The third-order valence-corrected chi connectivity index (χ3v) is 4.35. The summed E-state index contributed by atoms with van der Waals surface area (Å²) in [4.78, 5) is 12.1. The van der Waals surface area contributed by atoms with E-state index in [0.29, 0.717) is 25.3 Å². The van der Waals surface area contributed by atoms with E-state index in [0.717, 1.165) is 24.2 Å². The smallest absolute Gasteiger partial charge is 0.220 e. The van der Waals surface area contributed by atoms with Gasteiger partial charge in [-0.05, 0) is 36.9 Å². The minimum absolute atomic E-state index is 0.0358. The Morgan fingerprint density at radius 2 is 2.10 bits per heavy atom. The van der Waals surface area contributed by atoms with Crippen LogP contribution >= 0.6 is 0 Å². The van der Waals surface area contributed by atoms with Crippen LogP contribution in [0.4, 0.5) is 0 Å². The molecule has 2 rings (SSSR count). The molecule has 1 aliphatic carbocycles. The predicted molar refractivity (Wildman–Crippen MR) is 81.3 cm³/mol. The summed E-state index contributed by atoms with van der Waals surface area (Å²) in [6.07, 6.45) is 3.81. The summed E-state index contributed by atoms with van der Waals surface area (Å²) in [6.45, 7) is 1.04. The fraction of sp³-hybridized carbons (Fsp3) is 0.562. The third-order valence-electron chi connectivity index (χ3n) is 4.35. The van der Waals surface area contributed by atoms with Crippen LogP contribution in [0.2, 0.25) is 0 Å². The molecule has 1 aromatic carbocycles. The average molecular weight is 292 g/mol. The van der Waals surface area contributed by atoms with E-state index < -0.39 is 0 Å². The maximum absolute atomic E-state index is 12.1. The molecule has 1 aromatic rings. The van der Waals surface area contributed by atoms with Crippen molar-refractivity contribution in [2.24, 2.45) is 11.1 Å². The summed E-state index contributed by atoms with van der Waals surface area (Å²) in [5.74, 6) is 1.50. The number of amides is 1. The van der Waals surface area contributed by atoms with Gasteiger partial charge in [0.05, 0.1) is 14.2 Å². The number of rotatable bonds is 7. The second-order valence-corrected chi connectivity index (χ2v) is 5.69. The number of ether oxygens (including phenoxy) is 2. The highest BCUT2D eigenvalue weighted by Gasteiger charge is 2.37. The van der Waals surface area contributed by atoms with Gasteiger partial charge in [-0.25, -0.2) is 0 Å². The Labute approximate surface area is 125 Å². The molecule has 0 spiro atoms. The maximum atomic E-state index is 12.1. The van der Waals surface area contributed by atoms with E-state index >= 15 is 0 Å². The fourth-order valence-electron chi connectivity index (χ4n) is 2.72. The molecule has 5 heteroatoms. The van der Waals surface area contributed by atoms with Crippen LogP contribution in [-0.4, -0.2) is 26.7 Å². The molecule has 116 valence electrons. The Morgan fingerprint density at radius 3 is 2.62 bits per heavy atom. The van der Waals surface area contributed by atoms with Gasteiger partial charge in [0.15, 0.2) is 0 Å². The lowest BCUT2D eigenvalue weighted by atomic mass is 9.66. The molecule has 0 heterocycles. The van der Waals surface area contributed by atoms with E-state index in [1.165, 1.54) is 6.42 Å². The van der Waals surface area contributed by atoms with Crippen molar-refractivity contribution in [3.8, 4) is 11.5 Å². The molecule has 5 nitrogen and oxygen atoms in total. The van der Waals surface area contributed by atoms with E-state index in [1.807, 2.05) is 18.2 Å². The Morgan fingerprint density at radius 1 is 1.33 bits per heavy atom. The van der Waals surface area contributed by atoms with Gasteiger partial charge in [0, 0.05) is 24.6 Å². The largest absolute Gasteiger partial charge is 0.497 e. The Balaban J connectivity index is 1.91. The molecule has 0 atom stereocenters. The Kier molecular flexibility index (Phi) is 5.07. The zero-order valence-electron chi connectivity index (χ0n) is 12.8. The number of nitrogens with two attached hydrogens (primary N) is 1. The van der Waals surface area contributed by atoms with Crippen molar-refractivity contribution in [3.05, 3.63) is 23.8 Å². The molecule has 0 bridgehead atoms. The first-order valence-corrected chi connectivity index (χ1v) is 7.30. The van der Waals surface area contributed by atoms with Gasteiger partial charge in [0.25, 0.3) is 0 Å². The highest BCUT2D eigenvalue weighted by Crippen LogP contribution is 2.42. The lowest BCUT2D eigenvalue weighted by Crippen LogP contribution is -2.41. The third kappa shape index (κ3) is 3.67. The first kappa shape index (κ1) is 15.6. The lowest BCUT2D eigenvalue weighted by molar-refractivity contribution is -0.124. The van der Waals surface area contributed by atoms with Crippen LogP contribution < -0.4 is 20.5 Å². The van der Waals surface area contributed by atoms with Gasteiger partial charge >= 0.3 is 0 Å². The summed E-state index contributed by atoms with van der Waals surface area (Å²) in [5.41, 5.74) is 6.76. The summed E-state index contributed by atoms with van der Waals surface area (Å²) >= 11 is 0. The number of hydrogen-bond donors (Lipinski definition) is 2. The van der Waals surface area contributed by atoms with Crippen LogP contribution in [0.15, 0.2) is 18.2 Å². The van der Waals surface area contributed by atoms with E-state index in [2.05, 4.69) is 5.32 Å². The van der Waals surface area contributed by atoms with Crippen molar-refractivity contribution in [2.75, 3.05) is 20.8 Å². The standard InChI is InChI=1S/C16H24N2O3/c1-20-13-5-4-12(14(8-13)21-2)10-18-15(19)9-16(11-17)6-3-7-16/h4-5,8H,3,6-7,9-11,17H2,1-2H3,(H,18,19). The van der Waals surface area contributed by atoms with Crippen LogP contribution in [0.5, 0.6) is 11.5 Å². The topological polar surface area (TPSA) is 73.6 Å². The fourth-order valence-corrected chi connectivity index (χ4v) is 2.72. The lowest BCUT2D eigenvalue weighted by Gasteiger charge is -2.40. The van der Waals surface area contributed by atoms with Gasteiger partial charge in [-0.2, -0.15) is 0 Å². The first-order chi connectivity index (χ1) is 10.1. The zero-order chi connectivity index (χ0) is 15.3. The van der Waals surface area contributed by atoms with Crippen molar-refractivity contribution < 1.29 is 14.3 Å². The average Bonchev–Trinajstić information content (AvgIpc) is 2.48. The van der Waals surface area contributed by atoms with E-state index in [1.54, 1.807) is 14.2 Å². The summed E-state index contributed by atoms with van der Waals surface area (Å²) in [5, 5.41) is 2.95. The Bertz CT molecular complexity index is 493. The van der Waals surface area contributed by atoms with Gasteiger partial charge in [-0.15, -0.1) is 0 Å². The van der Waals surface area contributed by atoms with Crippen LogP contribution in [0, 0.1) is 5.41 Å².